The lowest BCUT2D eigenvalue weighted by atomic mass is 10.1. The molecule has 0 bridgehead atoms. The third-order valence-corrected chi connectivity index (χ3v) is 5.96. The lowest BCUT2D eigenvalue weighted by molar-refractivity contribution is -0.113. The second kappa shape index (κ2) is 10.7. The third kappa shape index (κ3) is 6.11. The topological polar surface area (TPSA) is 88.9 Å². The van der Waals surface area contributed by atoms with Crippen molar-refractivity contribution in [1.29, 1.82) is 0 Å². The lowest BCUT2D eigenvalue weighted by Crippen LogP contribution is -2.28. The number of hydrogen-bond donors (Lipinski definition) is 2. The Morgan fingerprint density at radius 1 is 1.09 bits per heavy atom. The van der Waals surface area contributed by atoms with Crippen molar-refractivity contribution in [3.05, 3.63) is 70.0 Å². The van der Waals surface area contributed by atoms with Gasteiger partial charge in [-0.1, -0.05) is 29.4 Å². The van der Waals surface area contributed by atoms with Crippen molar-refractivity contribution in [2.24, 2.45) is 0 Å². The molecule has 3 rings (SSSR count). The predicted molar refractivity (Wildman–Crippen MR) is 128 cm³/mol. The van der Waals surface area contributed by atoms with Gasteiger partial charge in [-0.2, -0.15) is 0 Å². The van der Waals surface area contributed by atoms with Gasteiger partial charge in [0, 0.05) is 22.8 Å². The summed E-state index contributed by atoms with van der Waals surface area (Å²) in [5.41, 5.74) is 3.49. The Balaban J connectivity index is 1.62. The molecule has 0 aliphatic rings. The van der Waals surface area contributed by atoms with Gasteiger partial charge in [-0.15, -0.1) is 10.2 Å². The maximum Gasteiger partial charge on any atom is 0.251 e. The number of nitrogens with one attached hydrogen (secondary N) is 2. The molecule has 1 aromatic heterocycles. The number of nitrogens with zero attached hydrogens (tertiary/aromatic N) is 3. The van der Waals surface area contributed by atoms with E-state index in [-0.39, 0.29) is 23.6 Å². The van der Waals surface area contributed by atoms with Crippen LogP contribution < -0.4 is 10.6 Å². The molecule has 7 nitrogen and oxygen atoms in total. The number of anilines is 1. The van der Waals surface area contributed by atoms with Gasteiger partial charge in [-0.25, -0.2) is 0 Å². The molecule has 9 heteroatoms. The first kappa shape index (κ1) is 23.8. The standard InChI is InChI=1S/C23H26ClN5O2S/c1-5-29-21(16(4)25-22(31)17-6-8-18(24)9-7-17)27-28-23(29)32-13-20(30)26-19-11-14(2)10-15(3)12-19/h6-12,16H,5,13H2,1-4H3,(H,25,31)(H,26,30)/t16-/m1/s1. The van der Waals surface area contributed by atoms with Crippen LogP contribution in [0.25, 0.3) is 0 Å². The minimum atomic E-state index is -0.357. The summed E-state index contributed by atoms with van der Waals surface area (Å²) in [7, 11) is 0. The Labute approximate surface area is 197 Å². The SMILES string of the molecule is CCn1c(SCC(=O)Nc2cc(C)cc(C)c2)nnc1[C@@H](C)NC(=O)c1ccc(Cl)cc1. The van der Waals surface area contributed by atoms with E-state index in [1.807, 2.05) is 44.4 Å². The molecule has 0 aliphatic heterocycles. The average Bonchev–Trinajstić information content (AvgIpc) is 3.15. The second-order valence-electron chi connectivity index (χ2n) is 7.50. The molecular weight excluding hydrogens is 446 g/mol. The zero-order valence-electron chi connectivity index (χ0n) is 18.5. The fourth-order valence-electron chi connectivity index (χ4n) is 3.34. The zero-order chi connectivity index (χ0) is 23.3. The quantitative estimate of drug-likeness (QED) is 0.461. The Hall–Kier alpha value is -2.84. The molecule has 1 heterocycles. The molecule has 168 valence electrons. The third-order valence-electron chi connectivity index (χ3n) is 4.74. The number of carbonyl (C=O) groups excluding carboxylic acids is 2. The van der Waals surface area contributed by atoms with Gasteiger partial charge in [0.15, 0.2) is 11.0 Å². The van der Waals surface area contributed by atoms with Crippen LogP contribution in [0.3, 0.4) is 0 Å². The van der Waals surface area contributed by atoms with Crippen molar-refractivity contribution in [3.8, 4) is 0 Å². The van der Waals surface area contributed by atoms with Crippen molar-refractivity contribution >= 4 is 40.9 Å². The van der Waals surface area contributed by atoms with Crippen LogP contribution in [0.1, 0.15) is 47.2 Å². The first-order valence-corrected chi connectivity index (χ1v) is 11.6. The molecule has 3 aromatic rings. The molecule has 0 saturated heterocycles. The summed E-state index contributed by atoms with van der Waals surface area (Å²) in [6.07, 6.45) is 0. The summed E-state index contributed by atoms with van der Waals surface area (Å²) < 4.78 is 1.90. The van der Waals surface area contributed by atoms with Gasteiger partial charge in [-0.05, 0) is 75.2 Å². The van der Waals surface area contributed by atoms with Crippen molar-refractivity contribution in [1.82, 2.24) is 20.1 Å². The average molecular weight is 472 g/mol. The van der Waals surface area contributed by atoms with Crippen LogP contribution in [0, 0.1) is 13.8 Å². The lowest BCUT2D eigenvalue weighted by Gasteiger charge is -2.15. The smallest absolute Gasteiger partial charge is 0.251 e. The summed E-state index contributed by atoms with van der Waals surface area (Å²) in [4.78, 5) is 24.9. The first-order chi connectivity index (χ1) is 15.3. The molecule has 2 aromatic carbocycles. The number of thioether (sulfide) groups is 1. The van der Waals surface area contributed by atoms with Crippen LogP contribution >= 0.6 is 23.4 Å². The monoisotopic (exact) mass is 471 g/mol. The summed E-state index contributed by atoms with van der Waals surface area (Å²) in [6, 6.07) is 12.3. The molecule has 0 saturated carbocycles. The minimum absolute atomic E-state index is 0.115. The van der Waals surface area contributed by atoms with E-state index in [2.05, 4.69) is 26.9 Å². The summed E-state index contributed by atoms with van der Waals surface area (Å²) >= 11 is 7.20. The van der Waals surface area contributed by atoms with E-state index in [9.17, 15) is 9.59 Å². The van der Waals surface area contributed by atoms with E-state index in [4.69, 9.17) is 11.6 Å². The summed E-state index contributed by atoms with van der Waals surface area (Å²) in [5, 5.41) is 15.6. The van der Waals surface area contributed by atoms with E-state index in [0.717, 1.165) is 16.8 Å². The first-order valence-electron chi connectivity index (χ1n) is 10.3. The van der Waals surface area contributed by atoms with Crippen LogP contribution in [0.5, 0.6) is 0 Å². The normalized spacial score (nSPS) is 11.8. The predicted octanol–water partition coefficient (Wildman–Crippen LogP) is 4.79. The van der Waals surface area contributed by atoms with Gasteiger partial charge >= 0.3 is 0 Å². The molecule has 2 N–H and O–H groups in total. The Morgan fingerprint density at radius 3 is 2.38 bits per heavy atom. The molecule has 0 radical (unpaired) electrons. The molecule has 2 amide bonds. The highest BCUT2D eigenvalue weighted by atomic mass is 35.5. The number of hydrogen-bond acceptors (Lipinski definition) is 5. The van der Waals surface area contributed by atoms with Gasteiger partial charge in [-0.3, -0.25) is 9.59 Å². The molecule has 0 fully saturated rings. The number of carbonyl (C=O) groups is 2. The number of aromatic nitrogens is 3. The van der Waals surface area contributed by atoms with Gasteiger partial charge in [0.1, 0.15) is 0 Å². The van der Waals surface area contributed by atoms with Crippen LogP contribution in [0.4, 0.5) is 5.69 Å². The molecule has 0 spiro atoms. The summed E-state index contributed by atoms with van der Waals surface area (Å²) in [5.74, 6) is 0.501. The van der Waals surface area contributed by atoms with Crippen molar-refractivity contribution in [2.75, 3.05) is 11.1 Å². The van der Waals surface area contributed by atoms with Crippen LogP contribution in [-0.4, -0.2) is 32.3 Å². The number of halogens is 1. The van der Waals surface area contributed by atoms with Crippen molar-refractivity contribution < 1.29 is 9.59 Å². The number of rotatable bonds is 8. The molecular formula is C23H26ClN5O2S. The van der Waals surface area contributed by atoms with Gasteiger partial charge < -0.3 is 15.2 Å². The maximum atomic E-state index is 12.5. The molecule has 0 unspecified atom stereocenters. The van der Waals surface area contributed by atoms with Gasteiger partial charge in [0.25, 0.3) is 5.91 Å². The van der Waals surface area contributed by atoms with Crippen molar-refractivity contribution in [2.45, 2.75) is 45.4 Å². The highest BCUT2D eigenvalue weighted by Crippen LogP contribution is 2.22. The van der Waals surface area contributed by atoms with E-state index >= 15 is 0 Å². The van der Waals surface area contributed by atoms with E-state index < -0.39 is 0 Å². The fourth-order valence-corrected chi connectivity index (χ4v) is 4.28. The van der Waals surface area contributed by atoms with Crippen LogP contribution in [0.15, 0.2) is 47.6 Å². The largest absolute Gasteiger partial charge is 0.342 e. The molecule has 1 atom stereocenters. The Kier molecular flexibility index (Phi) is 7.93. The van der Waals surface area contributed by atoms with Gasteiger partial charge in [0.2, 0.25) is 5.91 Å². The Bertz CT molecular complexity index is 1090. The maximum absolute atomic E-state index is 12.5. The molecule has 0 aliphatic carbocycles. The second-order valence-corrected chi connectivity index (χ2v) is 8.88. The highest BCUT2D eigenvalue weighted by molar-refractivity contribution is 7.99. The van der Waals surface area contributed by atoms with Gasteiger partial charge in [0.05, 0.1) is 11.8 Å². The fraction of sp³-hybridized carbons (Fsp3) is 0.304. The van der Waals surface area contributed by atoms with E-state index in [1.54, 1.807) is 24.3 Å². The summed E-state index contributed by atoms with van der Waals surface area (Å²) in [6.45, 7) is 8.43. The highest BCUT2D eigenvalue weighted by Gasteiger charge is 2.20. The van der Waals surface area contributed by atoms with E-state index in [0.29, 0.717) is 28.1 Å². The molecule has 32 heavy (non-hydrogen) atoms. The number of benzene rings is 2. The number of amides is 2. The van der Waals surface area contributed by atoms with Crippen LogP contribution in [0.2, 0.25) is 5.02 Å². The van der Waals surface area contributed by atoms with E-state index in [1.165, 1.54) is 11.8 Å². The number of aryl methyl sites for hydroxylation is 2. The zero-order valence-corrected chi connectivity index (χ0v) is 20.0. The van der Waals surface area contributed by atoms with Crippen molar-refractivity contribution in [3.63, 3.8) is 0 Å². The van der Waals surface area contributed by atoms with Crippen LogP contribution in [-0.2, 0) is 11.3 Å². The minimum Gasteiger partial charge on any atom is -0.342 e. The Morgan fingerprint density at radius 2 is 1.75 bits per heavy atom.